The van der Waals surface area contributed by atoms with E-state index in [1.54, 1.807) is 12.1 Å². The number of carbonyl (C=O) groups is 1. The van der Waals surface area contributed by atoms with Gasteiger partial charge in [-0.3, -0.25) is 9.69 Å². The number of rotatable bonds is 5. The molecule has 0 bridgehead atoms. The molecule has 160 valence electrons. The molecule has 31 heavy (non-hydrogen) atoms. The van der Waals surface area contributed by atoms with Crippen LogP contribution in [0.5, 0.6) is 0 Å². The molecule has 5 heteroatoms. The lowest BCUT2D eigenvalue weighted by atomic mass is 10.00. The minimum atomic E-state index is -0.212. The van der Waals surface area contributed by atoms with Crippen LogP contribution < -0.4 is 4.90 Å². The average Bonchev–Trinajstić information content (AvgIpc) is 2.78. The Morgan fingerprint density at radius 3 is 2.35 bits per heavy atom. The Labute approximate surface area is 188 Å². The largest absolute Gasteiger partial charge is 0.305 e. The smallest absolute Gasteiger partial charge is 0.258 e. The van der Waals surface area contributed by atoms with Gasteiger partial charge >= 0.3 is 0 Å². The van der Waals surface area contributed by atoms with Crippen LogP contribution in [0, 0.1) is 12.7 Å². The molecule has 1 amide bonds. The van der Waals surface area contributed by atoms with Crippen LogP contribution in [0.3, 0.4) is 0 Å². The van der Waals surface area contributed by atoms with E-state index in [0.29, 0.717) is 10.6 Å². The number of hydrogen-bond acceptors (Lipinski definition) is 2. The summed E-state index contributed by atoms with van der Waals surface area (Å²) in [4.78, 5) is 17.8. The molecule has 1 aliphatic heterocycles. The third-order valence-corrected chi connectivity index (χ3v) is 6.08. The van der Waals surface area contributed by atoms with Crippen molar-refractivity contribution in [1.29, 1.82) is 0 Å². The van der Waals surface area contributed by atoms with Gasteiger partial charge in [0.15, 0.2) is 0 Å². The van der Waals surface area contributed by atoms with E-state index in [4.69, 9.17) is 11.6 Å². The van der Waals surface area contributed by atoms with E-state index >= 15 is 0 Å². The molecule has 0 N–H and O–H groups in total. The van der Waals surface area contributed by atoms with Crippen LogP contribution in [0.1, 0.15) is 34.3 Å². The normalized spacial score (nSPS) is 15.1. The van der Waals surface area contributed by atoms with Crippen LogP contribution >= 0.6 is 11.6 Å². The molecule has 1 aliphatic rings. The summed E-state index contributed by atoms with van der Waals surface area (Å²) in [6, 6.07) is 22.0. The molecule has 0 atom stereocenters. The Morgan fingerprint density at radius 2 is 1.71 bits per heavy atom. The zero-order valence-corrected chi connectivity index (χ0v) is 18.4. The van der Waals surface area contributed by atoms with Gasteiger partial charge < -0.3 is 4.90 Å². The summed E-state index contributed by atoms with van der Waals surface area (Å²) in [5.74, 6) is -0.237. The van der Waals surface area contributed by atoms with E-state index in [1.165, 1.54) is 12.1 Å². The fraction of sp³-hybridized carbons (Fsp3) is 0.269. The topological polar surface area (TPSA) is 23.6 Å². The lowest BCUT2D eigenvalue weighted by Crippen LogP contribution is -2.47. The van der Waals surface area contributed by atoms with E-state index in [2.05, 4.69) is 4.90 Å². The fourth-order valence-corrected chi connectivity index (χ4v) is 4.33. The van der Waals surface area contributed by atoms with Gasteiger partial charge in [0, 0.05) is 41.9 Å². The standard InChI is InChI=1S/C26H26ClFN2O/c1-19-5-11-24(12-6-19)30(26(31)21-3-2-4-22(27)17-21)25-13-15-29(16-14-25)18-20-7-9-23(28)10-8-20/h2-12,17,25H,13-16,18H2,1H3. The number of benzene rings is 3. The third kappa shape index (κ3) is 5.33. The molecule has 3 aromatic rings. The first-order valence-corrected chi connectivity index (χ1v) is 11.0. The van der Waals surface area contributed by atoms with Gasteiger partial charge in [0.2, 0.25) is 0 Å². The molecule has 0 aromatic heterocycles. The van der Waals surface area contributed by atoms with Crippen molar-refractivity contribution < 1.29 is 9.18 Å². The van der Waals surface area contributed by atoms with Gasteiger partial charge in [0.1, 0.15) is 5.82 Å². The van der Waals surface area contributed by atoms with Crippen molar-refractivity contribution in [3.05, 3.63) is 100 Å². The van der Waals surface area contributed by atoms with Crippen LogP contribution in [0.25, 0.3) is 0 Å². The first-order chi connectivity index (χ1) is 15.0. The number of aryl methyl sites for hydroxylation is 1. The Balaban J connectivity index is 1.51. The molecule has 1 heterocycles. The van der Waals surface area contributed by atoms with Gasteiger partial charge in [-0.1, -0.05) is 47.5 Å². The highest BCUT2D eigenvalue weighted by atomic mass is 35.5. The highest BCUT2D eigenvalue weighted by molar-refractivity contribution is 6.31. The molecule has 3 aromatic carbocycles. The van der Waals surface area contributed by atoms with Crippen molar-refractivity contribution in [3.8, 4) is 0 Å². The minimum Gasteiger partial charge on any atom is -0.305 e. The van der Waals surface area contributed by atoms with Gasteiger partial charge in [-0.2, -0.15) is 0 Å². The van der Waals surface area contributed by atoms with Crippen LogP contribution in [-0.4, -0.2) is 29.9 Å². The molecule has 0 spiro atoms. The van der Waals surface area contributed by atoms with Gasteiger partial charge in [0.25, 0.3) is 5.91 Å². The van der Waals surface area contributed by atoms with E-state index in [9.17, 15) is 9.18 Å². The van der Waals surface area contributed by atoms with Crippen LogP contribution in [0.15, 0.2) is 72.8 Å². The van der Waals surface area contributed by atoms with Gasteiger partial charge in [-0.25, -0.2) is 4.39 Å². The maximum Gasteiger partial charge on any atom is 0.258 e. The molecular formula is C26H26ClFN2O. The Kier molecular flexibility index (Phi) is 6.69. The lowest BCUT2D eigenvalue weighted by Gasteiger charge is -2.38. The minimum absolute atomic E-state index is 0.0247. The maximum absolute atomic E-state index is 13.5. The molecule has 0 aliphatic carbocycles. The first kappa shape index (κ1) is 21.5. The summed E-state index contributed by atoms with van der Waals surface area (Å²) in [5, 5.41) is 0.559. The second kappa shape index (κ2) is 9.63. The van der Waals surface area contributed by atoms with Crippen LogP contribution in [0.2, 0.25) is 5.02 Å². The fourth-order valence-electron chi connectivity index (χ4n) is 4.14. The van der Waals surface area contributed by atoms with Gasteiger partial charge in [-0.05, 0) is 67.8 Å². The van der Waals surface area contributed by atoms with Crippen molar-refractivity contribution in [2.75, 3.05) is 18.0 Å². The van der Waals surface area contributed by atoms with Crippen molar-refractivity contribution in [2.24, 2.45) is 0 Å². The van der Waals surface area contributed by atoms with Crippen molar-refractivity contribution in [3.63, 3.8) is 0 Å². The Hall–Kier alpha value is -2.69. The molecule has 0 saturated carbocycles. The Bertz CT molecular complexity index is 1030. The number of hydrogen-bond donors (Lipinski definition) is 0. The predicted octanol–water partition coefficient (Wildman–Crippen LogP) is 6.10. The summed E-state index contributed by atoms with van der Waals surface area (Å²) in [6.07, 6.45) is 1.75. The zero-order valence-electron chi connectivity index (χ0n) is 17.6. The van der Waals surface area contributed by atoms with Gasteiger partial charge in [-0.15, -0.1) is 0 Å². The summed E-state index contributed by atoms with van der Waals surface area (Å²) >= 11 is 6.15. The van der Waals surface area contributed by atoms with Crippen molar-refractivity contribution >= 4 is 23.2 Å². The van der Waals surface area contributed by atoms with E-state index < -0.39 is 0 Å². The number of carbonyl (C=O) groups excluding carboxylic acids is 1. The quantitative estimate of drug-likeness (QED) is 0.482. The summed E-state index contributed by atoms with van der Waals surface area (Å²) < 4.78 is 13.2. The second-order valence-electron chi connectivity index (χ2n) is 8.15. The average molecular weight is 437 g/mol. The zero-order chi connectivity index (χ0) is 21.8. The molecule has 0 unspecified atom stereocenters. The molecule has 0 radical (unpaired) electrons. The molecule has 3 nitrogen and oxygen atoms in total. The van der Waals surface area contributed by atoms with Gasteiger partial charge in [0.05, 0.1) is 0 Å². The summed E-state index contributed by atoms with van der Waals surface area (Å²) in [7, 11) is 0. The van der Waals surface area contributed by atoms with Crippen molar-refractivity contribution in [1.82, 2.24) is 4.90 Å². The van der Waals surface area contributed by atoms with Crippen LogP contribution in [0.4, 0.5) is 10.1 Å². The third-order valence-electron chi connectivity index (χ3n) is 5.84. The molecule has 4 rings (SSSR count). The van der Waals surface area contributed by atoms with E-state index in [0.717, 1.165) is 49.3 Å². The van der Waals surface area contributed by atoms with E-state index in [1.807, 2.05) is 60.4 Å². The Morgan fingerprint density at radius 1 is 1.03 bits per heavy atom. The highest BCUT2D eigenvalue weighted by Gasteiger charge is 2.30. The summed E-state index contributed by atoms with van der Waals surface area (Å²) in [6.45, 7) is 4.60. The number of halogens is 2. The monoisotopic (exact) mass is 436 g/mol. The number of anilines is 1. The predicted molar refractivity (Wildman–Crippen MR) is 124 cm³/mol. The molecule has 1 saturated heterocycles. The summed E-state index contributed by atoms with van der Waals surface area (Å²) in [5.41, 5.74) is 3.77. The SMILES string of the molecule is Cc1ccc(N(C(=O)c2cccc(Cl)c2)C2CCN(Cc3ccc(F)cc3)CC2)cc1. The number of amides is 1. The maximum atomic E-state index is 13.5. The lowest BCUT2D eigenvalue weighted by molar-refractivity contribution is 0.0958. The molecule has 1 fully saturated rings. The number of piperidine rings is 1. The molecular weight excluding hydrogens is 411 g/mol. The highest BCUT2D eigenvalue weighted by Crippen LogP contribution is 2.27. The van der Waals surface area contributed by atoms with Crippen LogP contribution in [-0.2, 0) is 6.54 Å². The number of nitrogens with zero attached hydrogens (tertiary/aromatic N) is 2. The van der Waals surface area contributed by atoms with Crippen molar-refractivity contribution in [2.45, 2.75) is 32.4 Å². The number of likely N-dealkylation sites (tertiary alicyclic amines) is 1. The first-order valence-electron chi connectivity index (χ1n) is 10.6. The van der Waals surface area contributed by atoms with E-state index in [-0.39, 0.29) is 17.8 Å². The second-order valence-corrected chi connectivity index (χ2v) is 8.59.